The summed E-state index contributed by atoms with van der Waals surface area (Å²) in [6.07, 6.45) is 11.6. The van der Waals surface area contributed by atoms with Gasteiger partial charge in [0.15, 0.2) is 0 Å². The molecule has 1 aromatic carbocycles. The molecule has 5 aliphatic carbocycles. The van der Waals surface area contributed by atoms with E-state index in [2.05, 4.69) is 71.4 Å². The molecule has 1 heterocycles. The van der Waals surface area contributed by atoms with E-state index >= 15 is 0 Å². The van der Waals surface area contributed by atoms with Crippen LogP contribution in [-0.4, -0.2) is 26.1 Å². The predicted molar refractivity (Wildman–Crippen MR) is 171 cm³/mol. The minimum Gasteiger partial charge on any atom is -0.481 e. The van der Waals surface area contributed by atoms with Gasteiger partial charge in [-0.3, -0.25) is 4.79 Å². The van der Waals surface area contributed by atoms with E-state index in [1.807, 2.05) is 12.1 Å². The van der Waals surface area contributed by atoms with Gasteiger partial charge in [0.05, 0.1) is 23.3 Å². The fraction of sp³-hybridized carbons (Fsp3) is 0.703. The second kappa shape index (κ2) is 9.21. The van der Waals surface area contributed by atoms with Crippen molar-refractivity contribution in [3.05, 3.63) is 57.9 Å². The molecule has 0 spiro atoms. The molecule has 1 aromatic heterocycles. The number of hydrogen-bond acceptors (Lipinski definition) is 3. The van der Waals surface area contributed by atoms with Crippen molar-refractivity contribution in [1.82, 2.24) is 15.0 Å². The van der Waals surface area contributed by atoms with Crippen molar-refractivity contribution in [2.24, 2.45) is 44.8 Å². The van der Waals surface area contributed by atoms with E-state index in [4.69, 9.17) is 21.9 Å². The number of hydrogen-bond donors (Lipinski definition) is 1. The van der Waals surface area contributed by atoms with E-state index in [0.29, 0.717) is 18.4 Å². The number of aliphatic carboxylic acids is 1. The van der Waals surface area contributed by atoms with Gasteiger partial charge in [0, 0.05) is 10.4 Å². The third-order valence-corrected chi connectivity index (χ3v) is 14.7. The van der Waals surface area contributed by atoms with Crippen molar-refractivity contribution in [1.29, 1.82) is 0 Å². The summed E-state index contributed by atoms with van der Waals surface area (Å²) in [7, 11) is 0. The number of aromatic nitrogens is 3. The molecule has 0 bridgehead atoms. The highest BCUT2D eigenvalue weighted by molar-refractivity contribution is 6.30. The topological polar surface area (TPSA) is 68.0 Å². The predicted octanol–water partition coefficient (Wildman–Crippen LogP) is 8.88. The van der Waals surface area contributed by atoms with Crippen LogP contribution < -0.4 is 0 Å². The molecule has 6 heteroatoms. The number of fused-ring (bicyclic) bond motifs is 8. The summed E-state index contributed by atoms with van der Waals surface area (Å²) in [4.78, 5) is 13.0. The van der Waals surface area contributed by atoms with Crippen LogP contribution in [0.5, 0.6) is 0 Å². The molecular weight excluding hydrogens is 554 g/mol. The largest absolute Gasteiger partial charge is 0.481 e. The maximum atomic E-state index is 13.0. The van der Waals surface area contributed by atoms with Crippen LogP contribution in [0.1, 0.15) is 117 Å². The van der Waals surface area contributed by atoms with Crippen molar-refractivity contribution >= 4 is 17.6 Å². The van der Waals surface area contributed by atoms with Crippen LogP contribution >= 0.6 is 11.6 Å². The van der Waals surface area contributed by atoms with Crippen LogP contribution in [0.25, 0.3) is 0 Å². The lowest BCUT2D eigenvalue weighted by atomic mass is 9.34. The zero-order chi connectivity index (χ0) is 30.8. The Balaban J connectivity index is 1.28. The van der Waals surface area contributed by atoms with Crippen LogP contribution in [0, 0.1) is 44.8 Å². The standard InChI is InChI=1S/C37H50ClN3O2/c1-32(2)16-18-37(31(42)43)19-17-35(6)25(26(37)20-32)12-13-29-34(5)21-27-30(33(3,4)28(34)14-15-36(29,35)7)41(40-39-27)22-23-8-10-24(38)11-9-23/h8-12,26,28-29H,13-22H2,1-7H3,(H,42,43)/t26-,28-,29+,34-,35+,36+,37-/m0/s1. The number of carbonyl (C=O) groups is 1. The van der Waals surface area contributed by atoms with Crippen LogP contribution in [-0.2, 0) is 23.2 Å². The molecule has 5 aliphatic rings. The summed E-state index contributed by atoms with van der Waals surface area (Å²) >= 11 is 6.17. The second-order valence-corrected chi connectivity index (χ2v) is 17.7. The first-order valence-electron chi connectivity index (χ1n) is 16.7. The van der Waals surface area contributed by atoms with Crippen LogP contribution in [0.2, 0.25) is 5.02 Å². The number of rotatable bonds is 3. The summed E-state index contributed by atoms with van der Waals surface area (Å²) in [5, 5.41) is 21.0. The van der Waals surface area contributed by atoms with Gasteiger partial charge in [-0.1, -0.05) is 89.1 Å². The fourth-order valence-corrected chi connectivity index (χ4v) is 12.1. The van der Waals surface area contributed by atoms with Crippen LogP contribution in [0.4, 0.5) is 0 Å². The van der Waals surface area contributed by atoms with E-state index in [-0.39, 0.29) is 33.0 Å². The minimum atomic E-state index is -0.588. The van der Waals surface area contributed by atoms with Gasteiger partial charge in [-0.05, 0) is 115 Å². The molecule has 0 amide bonds. The summed E-state index contributed by atoms with van der Waals surface area (Å²) in [6, 6.07) is 8.09. The molecule has 5 nitrogen and oxygen atoms in total. The Kier molecular flexibility index (Phi) is 6.33. The smallest absolute Gasteiger partial charge is 0.310 e. The van der Waals surface area contributed by atoms with E-state index in [1.54, 1.807) is 0 Å². The SMILES string of the molecule is CC1(C)CC[C@]2(C(=O)O)CC[C@]3(C)C(=CC[C@@H]4[C@@]5(C)Cc6nnn(Cc7ccc(Cl)cc7)c6C(C)(C)[C@@H]5CC[C@]43C)[C@@H]2C1. The Bertz CT molecular complexity index is 1510. The van der Waals surface area contributed by atoms with Gasteiger partial charge in [0.2, 0.25) is 0 Å². The molecule has 7 rings (SSSR count). The van der Waals surface area contributed by atoms with Crippen molar-refractivity contribution in [2.45, 2.75) is 118 Å². The number of carboxylic acids is 1. The highest BCUT2D eigenvalue weighted by Gasteiger charge is 2.69. The number of allylic oxidation sites excluding steroid dienone is 2. The molecule has 1 N–H and O–H groups in total. The Morgan fingerprint density at radius 3 is 2.37 bits per heavy atom. The van der Waals surface area contributed by atoms with Crippen LogP contribution in [0.15, 0.2) is 35.9 Å². The zero-order valence-electron chi connectivity index (χ0n) is 27.3. The molecule has 3 fully saturated rings. The lowest BCUT2D eigenvalue weighted by molar-refractivity contribution is -0.177. The summed E-state index contributed by atoms with van der Waals surface area (Å²) < 4.78 is 2.16. The lowest BCUT2D eigenvalue weighted by Gasteiger charge is -2.70. The quantitative estimate of drug-likeness (QED) is 0.356. The average Bonchev–Trinajstić information content (AvgIpc) is 3.32. The van der Waals surface area contributed by atoms with Crippen LogP contribution in [0.3, 0.4) is 0 Å². The number of halogens is 1. The average molecular weight is 604 g/mol. The highest BCUT2D eigenvalue weighted by Crippen LogP contribution is 2.75. The molecule has 0 radical (unpaired) electrons. The molecular formula is C37H50ClN3O2. The van der Waals surface area contributed by atoms with Gasteiger partial charge in [-0.25, -0.2) is 4.68 Å². The Morgan fingerprint density at radius 1 is 0.977 bits per heavy atom. The van der Waals surface area contributed by atoms with Gasteiger partial charge in [0.1, 0.15) is 0 Å². The van der Waals surface area contributed by atoms with Crippen molar-refractivity contribution in [3.8, 4) is 0 Å². The molecule has 232 valence electrons. The molecule has 3 saturated carbocycles. The van der Waals surface area contributed by atoms with Gasteiger partial charge in [0.25, 0.3) is 0 Å². The summed E-state index contributed by atoms with van der Waals surface area (Å²) in [5.41, 5.74) is 4.96. The minimum absolute atomic E-state index is 0.0253. The van der Waals surface area contributed by atoms with Gasteiger partial charge in [-0.15, -0.1) is 5.10 Å². The molecule has 0 saturated heterocycles. The Labute approximate surface area is 262 Å². The van der Waals surface area contributed by atoms with Gasteiger partial charge < -0.3 is 5.11 Å². The summed E-state index contributed by atoms with van der Waals surface area (Å²) in [6.45, 7) is 18.0. The first-order valence-corrected chi connectivity index (χ1v) is 17.1. The number of carboxylic acid groups (broad SMARTS) is 1. The van der Waals surface area contributed by atoms with E-state index < -0.39 is 11.4 Å². The molecule has 43 heavy (non-hydrogen) atoms. The van der Waals surface area contributed by atoms with Crippen molar-refractivity contribution < 1.29 is 9.90 Å². The van der Waals surface area contributed by atoms with E-state index in [9.17, 15) is 9.90 Å². The van der Waals surface area contributed by atoms with Gasteiger partial charge >= 0.3 is 5.97 Å². The first kappa shape index (κ1) is 29.6. The lowest BCUT2D eigenvalue weighted by Crippen LogP contribution is -2.65. The first-order chi connectivity index (χ1) is 20.1. The maximum absolute atomic E-state index is 13.0. The number of benzene rings is 1. The Hall–Kier alpha value is -2.14. The fourth-order valence-electron chi connectivity index (χ4n) is 12.0. The second-order valence-electron chi connectivity index (χ2n) is 17.2. The third kappa shape index (κ3) is 3.91. The van der Waals surface area contributed by atoms with Gasteiger partial charge in [-0.2, -0.15) is 0 Å². The molecule has 0 unspecified atom stereocenters. The molecule has 2 aromatic rings. The number of nitrogens with zero attached hydrogens (tertiary/aromatic N) is 3. The Morgan fingerprint density at radius 2 is 1.67 bits per heavy atom. The molecule has 7 atom stereocenters. The van der Waals surface area contributed by atoms with E-state index in [0.717, 1.165) is 50.0 Å². The molecule has 0 aliphatic heterocycles. The van der Waals surface area contributed by atoms with Crippen molar-refractivity contribution in [3.63, 3.8) is 0 Å². The van der Waals surface area contributed by atoms with E-state index in [1.165, 1.54) is 35.4 Å². The highest BCUT2D eigenvalue weighted by atomic mass is 35.5. The third-order valence-electron chi connectivity index (χ3n) is 14.4. The summed E-state index contributed by atoms with van der Waals surface area (Å²) in [5.74, 6) is 0.650. The van der Waals surface area contributed by atoms with Crippen molar-refractivity contribution in [2.75, 3.05) is 0 Å². The zero-order valence-corrected chi connectivity index (χ0v) is 28.0. The monoisotopic (exact) mass is 603 g/mol. The maximum Gasteiger partial charge on any atom is 0.310 e. The normalized spacial score (nSPS) is 40.7.